The molecule has 11 heteroatoms. The van der Waals surface area contributed by atoms with E-state index < -0.39 is 37.1 Å². The second-order valence-corrected chi connectivity index (χ2v) is 3.89. The molecule has 0 radical (unpaired) electrons. The van der Waals surface area contributed by atoms with E-state index in [1.165, 1.54) is 0 Å². The number of halogens is 6. The third-order valence-corrected chi connectivity index (χ3v) is 2.42. The van der Waals surface area contributed by atoms with Gasteiger partial charge in [-0.25, -0.2) is 23.7 Å². The average molecular weight is 339 g/mol. The van der Waals surface area contributed by atoms with Crippen LogP contribution in [0.3, 0.4) is 0 Å². The van der Waals surface area contributed by atoms with Gasteiger partial charge in [0.05, 0.1) is 23.7 Å². The van der Waals surface area contributed by atoms with E-state index in [1.807, 2.05) is 0 Å². The maximum atomic E-state index is 12.6. The lowest BCUT2D eigenvalue weighted by Crippen LogP contribution is -2.07. The van der Waals surface area contributed by atoms with Crippen LogP contribution in [0.2, 0.25) is 0 Å². The van der Waals surface area contributed by atoms with E-state index in [0.29, 0.717) is 0 Å². The molecule has 5 nitrogen and oxygen atoms in total. The molecule has 0 spiro atoms. The highest BCUT2D eigenvalue weighted by molar-refractivity contribution is 5.64. The minimum Gasteiger partial charge on any atom is -0.416 e. The predicted molar refractivity (Wildman–Crippen MR) is 63.5 cm³/mol. The predicted octanol–water partition coefficient (Wildman–Crippen LogP) is 3.68. The Kier molecular flexibility index (Phi) is 5.19. The highest BCUT2D eigenvalue weighted by Gasteiger charge is 2.19. The minimum atomic E-state index is -3.30. The Morgan fingerprint density at radius 2 is 1.52 bits per heavy atom. The van der Waals surface area contributed by atoms with Crippen molar-refractivity contribution in [2.75, 3.05) is 0 Å². The zero-order valence-corrected chi connectivity index (χ0v) is 11.0. The zero-order valence-electron chi connectivity index (χ0n) is 11.0. The van der Waals surface area contributed by atoms with Crippen LogP contribution in [-0.2, 0) is 0 Å². The first-order valence-corrected chi connectivity index (χ1v) is 5.88. The summed E-state index contributed by atoms with van der Waals surface area (Å²) in [5, 5.41) is 0. The van der Waals surface area contributed by atoms with Gasteiger partial charge in [0.2, 0.25) is 11.8 Å². The topological polar surface area (TPSA) is 57.1 Å². The summed E-state index contributed by atoms with van der Waals surface area (Å²) < 4.78 is 81.9. The molecule has 0 unspecified atom stereocenters. The fraction of sp³-hybridized carbons (Fsp3) is 0.250. The number of ether oxygens (including phenoxy) is 2. The Morgan fingerprint density at radius 3 is 2.04 bits per heavy atom. The van der Waals surface area contributed by atoms with E-state index in [-0.39, 0.29) is 11.3 Å². The van der Waals surface area contributed by atoms with Crippen LogP contribution in [0.5, 0.6) is 11.8 Å². The van der Waals surface area contributed by atoms with Gasteiger partial charge in [0, 0.05) is 0 Å². The van der Waals surface area contributed by atoms with Gasteiger partial charge in [-0.2, -0.15) is 17.6 Å². The number of pyridine rings is 1. The lowest BCUT2D eigenvalue weighted by Gasteiger charge is -2.11. The average Bonchev–Trinajstić information content (AvgIpc) is 2.47. The van der Waals surface area contributed by atoms with Gasteiger partial charge in [0.15, 0.2) is 0 Å². The molecule has 2 rings (SSSR count). The van der Waals surface area contributed by atoms with E-state index in [2.05, 4.69) is 24.4 Å². The molecule has 0 bridgehead atoms. The van der Waals surface area contributed by atoms with Crippen LogP contribution in [0.25, 0.3) is 11.3 Å². The van der Waals surface area contributed by atoms with Crippen LogP contribution >= 0.6 is 0 Å². The highest BCUT2D eigenvalue weighted by atomic mass is 19.3. The van der Waals surface area contributed by atoms with Crippen molar-refractivity contribution in [3.63, 3.8) is 0 Å². The molecular formula is C12H7F6N3O2. The van der Waals surface area contributed by atoms with Crippen LogP contribution in [-0.4, -0.2) is 28.2 Å². The second-order valence-electron chi connectivity index (χ2n) is 3.89. The fourth-order valence-corrected chi connectivity index (χ4v) is 1.55. The van der Waals surface area contributed by atoms with Crippen LogP contribution in [0.4, 0.5) is 26.3 Å². The minimum absolute atomic E-state index is 0.101. The third kappa shape index (κ3) is 4.44. The first-order chi connectivity index (χ1) is 10.9. The second kappa shape index (κ2) is 7.11. The molecule has 124 valence electrons. The highest BCUT2D eigenvalue weighted by Crippen LogP contribution is 2.31. The Labute approximate surface area is 124 Å². The van der Waals surface area contributed by atoms with Crippen molar-refractivity contribution in [1.29, 1.82) is 0 Å². The quantitative estimate of drug-likeness (QED) is 0.752. The summed E-state index contributed by atoms with van der Waals surface area (Å²) in [6.07, 6.45) is -1.25. The van der Waals surface area contributed by atoms with Crippen molar-refractivity contribution >= 4 is 0 Å². The Hall–Kier alpha value is -2.59. The van der Waals surface area contributed by atoms with Crippen molar-refractivity contribution in [3.8, 4) is 23.0 Å². The molecule has 0 amide bonds. The van der Waals surface area contributed by atoms with Gasteiger partial charge in [0.25, 0.3) is 6.43 Å². The largest absolute Gasteiger partial charge is 0.416 e. The van der Waals surface area contributed by atoms with Crippen molar-refractivity contribution in [3.05, 3.63) is 30.2 Å². The van der Waals surface area contributed by atoms with Crippen molar-refractivity contribution in [2.24, 2.45) is 0 Å². The Bertz CT molecular complexity index is 654. The summed E-state index contributed by atoms with van der Waals surface area (Å²) in [5.41, 5.74) is -1.03. The van der Waals surface area contributed by atoms with E-state index in [4.69, 9.17) is 0 Å². The van der Waals surface area contributed by atoms with Gasteiger partial charge in [-0.3, -0.25) is 0 Å². The van der Waals surface area contributed by atoms with Gasteiger partial charge < -0.3 is 9.47 Å². The monoisotopic (exact) mass is 339 g/mol. The maximum Gasteiger partial charge on any atom is 0.388 e. The van der Waals surface area contributed by atoms with Crippen LogP contribution in [0.1, 0.15) is 12.1 Å². The summed E-state index contributed by atoms with van der Waals surface area (Å²) in [7, 11) is 0. The molecule has 0 fully saturated rings. The molecule has 0 aliphatic heterocycles. The van der Waals surface area contributed by atoms with Crippen molar-refractivity contribution in [1.82, 2.24) is 15.0 Å². The van der Waals surface area contributed by atoms with E-state index >= 15 is 0 Å². The summed E-state index contributed by atoms with van der Waals surface area (Å²) in [5.74, 6) is -1.29. The number of aromatic nitrogens is 3. The summed E-state index contributed by atoms with van der Waals surface area (Å²) in [6, 6.07) is 1.92. The standard InChI is InChI=1S/C12H7F6N3O2/c13-9(14)6-2-1-5(10(21-6)23-12(17)18)7-3-20-8(4-19-7)22-11(15)16/h1-4,9,11-12H. The molecule has 0 aliphatic rings. The van der Waals surface area contributed by atoms with E-state index in [0.717, 1.165) is 24.5 Å². The SMILES string of the molecule is FC(F)Oc1cnc(-c2ccc(C(F)F)nc2OC(F)F)cn1. The van der Waals surface area contributed by atoms with Gasteiger partial charge >= 0.3 is 13.2 Å². The number of hydrogen-bond acceptors (Lipinski definition) is 5. The van der Waals surface area contributed by atoms with Crippen LogP contribution < -0.4 is 9.47 Å². The van der Waals surface area contributed by atoms with Crippen molar-refractivity contribution in [2.45, 2.75) is 19.6 Å². The molecule has 2 aromatic heterocycles. The molecule has 0 atom stereocenters. The number of hydrogen-bond donors (Lipinski definition) is 0. The van der Waals surface area contributed by atoms with E-state index in [9.17, 15) is 26.3 Å². The van der Waals surface area contributed by atoms with Gasteiger partial charge in [-0.05, 0) is 12.1 Å². The van der Waals surface area contributed by atoms with Crippen molar-refractivity contribution < 1.29 is 35.8 Å². The summed E-state index contributed by atoms with van der Waals surface area (Å²) >= 11 is 0. The molecular weight excluding hydrogens is 332 g/mol. The van der Waals surface area contributed by atoms with Gasteiger partial charge in [-0.15, -0.1) is 0 Å². The summed E-state index contributed by atoms with van der Waals surface area (Å²) in [4.78, 5) is 10.4. The number of nitrogens with zero attached hydrogens (tertiary/aromatic N) is 3. The molecule has 0 saturated heterocycles. The maximum absolute atomic E-state index is 12.6. The molecule has 0 aromatic carbocycles. The van der Waals surface area contributed by atoms with Crippen LogP contribution in [0.15, 0.2) is 24.5 Å². The molecule has 0 saturated carbocycles. The normalized spacial score (nSPS) is 11.3. The van der Waals surface area contributed by atoms with E-state index in [1.54, 1.807) is 0 Å². The van der Waals surface area contributed by atoms with Gasteiger partial charge in [0.1, 0.15) is 5.69 Å². The van der Waals surface area contributed by atoms with Gasteiger partial charge in [-0.1, -0.05) is 0 Å². The van der Waals surface area contributed by atoms with Crippen LogP contribution in [0, 0.1) is 0 Å². The smallest absolute Gasteiger partial charge is 0.388 e. The lowest BCUT2D eigenvalue weighted by atomic mass is 10.2. The Morgan fingerprint density at radius 1 is 0.826 bits per heavy atom. The fourth-order valence-electron chi connectivity index (χ4n) is 1.55. The third-order valence-electron chi connectivity index (χ3n) is 2.42. The molecule has 0 aliphatic carbocycles. The summed E-state index contributed by atoms with van der Waals surface area (Å²) in [6.45, 7) is -6.41. The Balaban J connectivity index is 2.37. The lowest BCUT2D eigenvalue weighted by molar-refractivity contribution is -0.0539. The molecule has 2 aromatic rings. The zero-order chi connectivity index (χ0) is 17.0. The first kappa shape index (κ1) is 16.8. The molecule has 23 heavy (non-hydrogen) atoms. The first-order valence-electron chi connectivity index (χ1n) is 5.88. The molecule has 2 heterocycles. The number of alkyl halides is 6. The number of rotatable bonds is 6. The molecule has 0 N–H and O–H groups in total.